The van der Waals surface area contributed by atoms with Gasteiger partial charge in [0.2, 0.25) is 5.91 Å². The van der Waals surface area contributed by atoms with Gasteiger partial charge in [-0.05, 0) is 81.7 Å². The topological polar surface area (TPSA) is 90.1 Å². The number of carbonyl (C=O) groups is 1. The largest absolute Gasteiger partial charge is 0.354 e. The van der Waals surface area contributed by atoms with Crippen molar-refractivity contribution in [2.45, 2.75) is 76.5 Å². The summed E-state index contributed by atoms with van der Waals surface area (Å²) in [7, 11) is 0. The number of aromatic nitrogens is 3. The van der Waals surface area contributed by atoms with Crippen molar-refractivity contribution in [2.24, 2.45) is 17.8 Å². The summed E-state index contributed by atoms with van der Waals surface area (Å²) >= 11 is 13.2. The van der Waals surface area contributed by atoms with E-state index in [0.29, 0.717) is 69.6 Å². The molecule has 7 heterocycles. The summed E-state index contributed by atoms with van der Waals surface area (Å²) in [5.74, 6) is 0.532. The molecule has 4 aliphatic heterocycles. The summed E-state index contributed by atoms with van der Waals surface area (Å²) in [5.41, 5.74) is 4.87. The molecule has 4 saturated heterocycles. The van der Waals surface area contributed by atoms with Crippen molar-refractivity contribution < 1.29 is 13.6 Å². The van der Waals surface area contributed by atoms with Gasteiger partial charge in [-0.15, -0.1) is 0 Å². The number of amides is 1. The first kappa shape index (κ1) is 34.2. The number of hydrogen-bond acceptors (Lipinski definition) is 6. The average Bonchev–Trinajstić information content (AvgIpc) is 3.44. The Labute approximate surface area is 322 Å². The number of halogens is 4. The first-order valence-electron chi connectivity index (χ1n) is 19.0. The quantitative estimate of drug-likeness (QED) is 0.179. The lowest BCUT2D eigenvalue weighted by Crippen LogP contribution is -2.45. The Morgan fingerprint density at radius 3 is 2.65 bits per heavy atom. The van der Waals surface area contributed by atoms with Crippen LogP contribution in [0.1, 0.15) is 66.7 Å². The summed E-state index contributed by atoms with van der Waals surface area (Å²) in [6.07, 6.45) is 5.73. The van der Waals surface area contributed by atoms with Crippen molar-refractivity contribution in [3.63, 3.8) is 0 Å². The number of anilines is 1. The van der Waals surface area contributed by atoms with Crippen LogP contribution < -0.4 is 10.2 Å². The van der Waals surface area contributed by atoms with Gasteiger partial charge in [-0.25, -0.2) is 18.7 Å². The molecule has 12 heteroatoms. The molecule has 4 bridgehead atoms. The summed E-state index contributed by atoms with van der Waals surface area (Å²) in [5, 5.41) is 15.6. The Hall–Kier alpha value is -4.30. The van der Waals surface area contributed by atoms with E-state index in [1.54, 1.807) is 25.1 Å². The molecule has 6 aliphatic rings. The maximum atomic E-state index is 17.3. The molecule has 1 N–H and O–H groups in total. The first-order valence-corrected chi connectivity index (χ1v) is 19.8. The van der Waals surface area contributed by atoms with Crippen LogP contribution in [0.4, 0.5) is 14.6 Å². The minimum Gasteiger partial charge on any atom is -0.354 e. The molecule has 3 aromatic heterocycles. The van der Waals surface area contributed by atoms with Gasteiger partial charge >= 0.3 is 0 Å². The highest BCUT2D eigenvalue weighted by Crippen LogP contribution is 2.54. The van der Waals surface area contributed by atoms with Crippen LogP contribution >= 0.6 is 23.2 Å². The van der Waals surface area contributed by atoms with Crippen LogP contribution in [0.2, 0.25) is 10.0 Å². The van der Waals surface area contributed by atoms with Crippen LogP contribution in [0.15, 0.2) is 42.6 Å². The molecule has 0 unspecified atom stereocenters. The number of carbonyl (C=O) groups excluding carboxylic acids is 1. The van der Waals surface area contributed by atoms with Gasteiger partial charge in [0.1, 0.15) is 17.2 Å². The van der Waals surface area contributed by atoms with Gasteiger partial charge in [-0.1, -0.05) is 35.3 Å². The molecular weight excluding hydrogens is 727 g/mol. The molecule has 6 fully saturated rings. The second kappa shape index (κ2) is 12.6. The lowest BCUT2D eigenvalue weighted by molar-refractivity contribution is -0.135. The van der Waals surface area contributed by atoms with E-state index < -0.39 is 5.82 Å². The number of nitriles is 1. The third-order valence-electron chi connectivity index (χ3n) is 12.9. The molecule has 2 saturated carbocycles. The Kier molecular flexibility index (Phi) is 8.00. The van der Waals surface area contributed by atoms with E-state index in [2.05, 4.69) is 36.8 Å². The van der Waals surface area contributed by atoms with Crippen LogP contribution in [-0.4, -0.2) is 57.1 Å². The standard InChI is InChI=1S/C42H39Cl2F2N7O/c1-20-31(45)10-12-48-41(20)51-18-25-13-26(19-51)52(42(54)22-8-9-22)39(25)33-16-28-21(2)50-37-29(40(28)53(33)38-24-15-32(38)49-17-24)14-23(5-4-11-47)34(36(37)46)27-6-3-7-30(43)35(27)44/h3,6-7,10,12,14,16,22,24-26,32,38-39,49H,4-5,8-9,13,15,17-19H2,1-2H3/t24-,25+,26-,32-,38+,39-/m1/s1. The number of likely N-dealkylation sites (tertiary alicyclic amines) is 1. The van der Waals surface area contributed by atoms with E-state index in [4.69, 9.17) is 28.2 Å². The molecule has 8 nitrogen and oxygen atoms in total. The Morgan fingerprint density at radius 2 is 1.91 bits per heavy atom. The summed E-state index contributed by atoms with van der Waals surface area (Å²) in [4.78, 5) is 28.3. The predicted molar refractivity (Wildman–Crippen MR) is 206 cm³/mol. The van der Waals surface area contributed by atoms with Gasteiger partial charge in [0, 0.05) is 89.0 Å². The summed E-state index contributed by atoms with van der Waals surface area (Å²) in [6, 6.07) is 13.1. The van der Waals surface area contributed by atoms with Gasteiger partial charge in [0.05, 0.1) is 39.8 Å². The van der Waals surface area contributed by atoms with Crippen molar-refractivity contribution in [1.82, 2.24) is 24.8 Å². The third-order valence-corrected chi connectivity index (χ3v) is 13.7. The van der Waals surface area contributed by atoms with Crippen molar-refractivity contribution in [1.29, 1.82) is 5.26 Å². The van der Waals surface area contributed by atoms with Crippen LogP contribution in [0, 0.1) is 54.6 Å². The van der Waals surface area contributed by atoms with Crippen LogP contribution in [0.5, 0.6) is 0 Å². The Bertz CT molecular complexity index is 2440. The fourth-order valence-corrected chi connectivity index (χ4v) is 10.7. The van der Waals surface area contributed by atoms with E-state index in [-0.39, 0.29) is 64.7 Å². The van der Waals surface area contributed by atoms with Gasteiger partial charge in [-0.3, -0.25) is 4.79 Å². The molecule has 6 atom stereocenters. The summed E-state index contributed by atoms with van der Waals surface area (Å²) in [6.45, 7) is 5.82. The van der Waals surface area contributed by atoms with Crippen molar-refractivity contribution in [3.05, 3.63) is 86.8 Å². The van der Waals surface area contributed by atoms with Crippen molar-refractivity contribution in [2.75, 3.05) is 24.5 Å². The Balaban J connectivity index is 1.21. The van der Waals surface area contributed by atoms with Crippen molar-refractivity contribution in [3.8, 4) is 17.2 Å². The number of nitrogens with zero attached hydrogens (tertiary/aromatic N) is 6. The fraction of sp³-hybridized carbons (Fsp3) is 0.429. The number of rotatable bonds is 7. The number of fused-ring (bicyclic) bond motifs is 6. The lowest BCUT2D eigenvalue weighted by atomic mass is 9.79. The number of aryl methyl sites for hydroxylation is 2. The number of piperidine rings is 1. The number of nitrogens with one attached hydrogen (secondary N) is 1. The zero-order chi connectivity index (χ0) is 37.2. The zero-order valence-electron chi connectivity index (χ0n) is 30.1. The lowest BCUT2D eigenvalue weighted by Gasteiger charge is -2.40. The predicted octanol–water partition coefficient (Wildman–Crippen LogP) is 8.63. The molecule has 276 valence electrons. The van der Waals surface area contributed by atoms with E-state index in [1.807, 2.05) is 13.0 Å². The highest BCUT2D eigenvalue weighted by molar-refractivity contribution is 6.43. The molecule has 0 radical (unpaired) electrons. The van der Waals surface area contributed by atoms with Crippen LogP contribution in [-0.2, 0) is 11.2 Å². The summed E-state index contributed by atoms with van der Waals surface area (Å²) < 4.78 is 34.6. The highest BCUT2D eigenvalue weighted by Gasteiger charge is 2.55. The highest BCUT2D eigenvalue weighted by atomic mass is 35.5. The van der Waals surface area contributed by atoms with Gasteiger partial charge in [0.25, 0.3) is 0 Å². The number of hydrogen-bond donors (Lipinski definition) is 1. The molecule has 11 rings (SSSR count). The zero-order valence-corrected chi connectivity index (χ0v) is 31.6. The molecule has 2 aliphatic carbocycles. The average molecular weight is 767 g/mol. The molecule has 1 amide bonds. The SMILES string of the molecule is Cc1c(F)ccnc1N1C[C@@H]2C[C@H](C1)N(C(=O)C1CC1)[C@H]2c1cc2c(C)nc3c(F)c(-c4cccc(Cl)c4Cl)c(CCC#N)cc3c2n1[C@H]1[C@H]2CN[C@@H]1C2. The van der Waals surface area contributed by atoms with Crippen molar-refractivity contribution >= 4 is 56.7 Å². The van der Waals surface area contributed by atoms with Gasteiger partial charge in [-0.2, -0.15) is 5.26 Å². The van der Waals surface area contributed by atoms with E-state index >= 15 is 4.39 Å². The molecule has 0 spiro atoms. The van der Waals surface area contributed by atoms with E-state index in [0.717, 1.165) is 48.8 Å². The first-order chi connectivity index (χ1) is 26.1. The number of benzene rings is 2. The third kappa shape index (κ3) is 5.04. The maximum Gasteiger partial charge on any atom is 0.226 e. The molecule has 54 heavy (non-hydrogen) atoms. The minimum absolute atomic E-state index is 0.0199. The molecule has 2 aromatic carbocycles. The Morgan fingerprint density at radius 1 is 1.07 bits per heavy atom. The van der Waals surface area contributed by atoms with Crippen LogP contribution in [0.25, 0.3) is 32.9 Å². The van der Waals surface area contributed by atoms with Gasteiger partial charge in [0.15, 0.2) is 5.82 Å². The molecular formula is C42H39Cl2F2N7O. The normalized spacial score (nSPS) is 25.8. The molecule has 5 aromatic rings. The van der Waals surface area contributed by atoms with E-state index in [9.17, 15) is 14.4 Å². The van der Waals surface area contributed by atoms with E-state index in [1.165, 1.54) is 12.3 Å². The number of pyridine rings is 2. The maximum absolute atomic E-state index is 17.3. The van der Waals surface area contributed by atoms with Crippen LogP contribution in [0.3, 0.4) is 0 Å². The second-order valence-electron chi connectivity index (χ2n) is 16.0. The van der Waals surface area contributed by atoms with Gasteiger partial charge < -0.3 is 19.7 Å². The smallest absolute Gasteiger partial charge is 0.226 e. The monoisotopic (exact) mass is 765 g/mol. The second-order valence-corrected chi connectivity index (χ2v) is 16.8. The minimum atomic E-state index is -0.491. The fourth-order valence-electron chi connectivity index (χ4n) is 10.3.